The predicted octanol–water partition coefficient (Wildman–Crippen LogP) is 7.21. The molecule has 2 aromatic carbocycles. The molecule has 0 unspecified atom stereocenters. The maximum absolute atomic E-state index is 13.3. The molecule has 0 N–H and O–H groups in total. The van der Waals surface area contributed by atoms with Crippen molar-refractivity contribution in [3.8, 4) is 23.0 Å². The van der Waals surface area contributed by atoms with E-state index in [-0.39, 0.29) is 21.3 Å². The van der Waals surface area contributed by atoms with E-state index in [0.717, 1.165) is 66.9 Å². The molecule has 202 valence electrons. The van der Waals surface area contributed by atoms with Crippen molar-refractivity contribution in [3.63, 3.8) is 0 Å². The minimum absolute atomic E-state index is 0.0393. The fourth-order valence-electron chi connectivity index (χ4n) is 7.29. The summed E-state index contributed by atoms with van der Waals surface area (Å²) in [6.07, 6.45) is 9.73. The molecule has 3 aromatic rings. The van der Waals surface area contributed by atoms with E-state index in [4.69, 9.17) is 18.4 Å². The van der Waals surface area contributed by atoms with Gasteiger partial charge in [0.15, 0.2) is 9.96 Å². The number of thiophene rings is 1. The largest absolute Gasteiger partial charge is 0.497 e. The Labute approximate surface area is 229 Å². The van der Waals surface area contributed by atoms with Gasteiger partial charge in [-0.1, -0.05) is 37.8 Å². The van der Waals surface area contributed by atoms with E-state index in [1.807, 2.05) is 24.3 Å². The highest BCUT2D eigenvalue weighted by Gasteiger charge is 2.60. The van der Waals surface area contributed by atoms with Gasteiger partial charge in [0, 0.05) is 34.6 Å². The lowest BCUT2D eigenvalue weighted by molar-refractivity contribution is -0.0956. The molecule has 3 aliphatic rings. The van der Waals surface area contributed by atoms with Crippen LogP contribution in [0.1, 0.15) is 68.9 Å². The van der Waals surface area contributed by atoms with Gasteiger partial charge in [-0.15, -0.1) is 11.3 Å². The summed E-state index contributed by atoms with van der Waals surface area (Å²) in [6.45, 7) is 0. The van der Waals surface area contributed by atoms with Gasteiger partial charge < -0.3 is 18.4 Å². The van der Waals surface area contributed by atoms with Gasteiger partial charge in [-0.05, 0) is 61.7 Å². The van der Waals surface area contributed by atoms with Gasteiger partial charge in [0.1, 0.15) is 22.8 Å². The molecule has 0 radical (unpaired) electrons. The third-order valence-electron chi connectivity index (χ3n) is 8.87. The molecule has 1 aliphatic heterocycles. The number of benzene rings is 2. The first kappa shape index (κ1) is 25.6. The maximum atomic E-state index is 13.3. The van der Waals surface area contributed by atoms with E-state index < -0.39 is 15.7 Å². The van der Waals surface area contributed by atoms with Crippen LogP contribution in [0.2, 0.25) is 0 Å². The van der Waals surface area contributed by atoms with Crippen LogP contribution >= 0.6 is 11.3 Å². The molecule has 0 bridgehead atoms. The number of rotatable bonds is 6. The minimum Gasteiger partial charge on any atom is -0.497 e. The van der Waals surface area contributed by atoms with Gasteiger partial charge in [-0.2, -0.15) is 8.42 Å². The van der Waals surface area contributed by atoms with Crippen LogP contribution < -0.4 is 18.4 Å². The molecule has 1 spiro atoms. The van der Waals surface area contributed by atoms with Crippen LogP contribution in [0, 0.1) is 5.92 Å². The second-order valence-electron chi connectivity index (χ2n) is 10.7. The summed E-state index contributed by atoms with van der Waals surface area (Å²) >= 11 is 1.14. The highest BCUT2D eigenvalue weighted by molar-refractivity contribution is 7.89. The first-order valence-electron chi connectivity index (χ1n) is 13.5. The number of fused-ring (bicyclic) bond motifs is 4. The quantitative estimate of drug-likeness (QED) is 0.300. The molecule has 0 saturated heterocycles. The van der Waals surface area contributed by atoms with E-state index in [1.165, 1.54) is 24.8 Å². The molecule has 6 nitrogen and oxygen atoms in total. The van der Waals surface area contributed by atoms with Gasteiger partial charge in [0.2, 0.25) is 0 Å². The smallest absolute Gasteiger partial charge is 0.348 e. The van der Waals surface area contributed by atoms with Crippen molar-refractivity contribution in [1.82, 2.24) is 0 Å². The molecule has 2 heterocycles. The van der Waals surface area contributed by atoms with Gasteiger partial charge in [0.05, 0.1) is 14.2 Å². The van der Waals surface area contributed by atoms with E-state index in [1.54, 1.807) is 37.8 Å². The van der Waals surface area contributed by atoms with Crippen molar-refractivity contribution in [2.45, 2.75) is 73.0 Å². The molecular formula is C30H34O6S2. The number of hydrogen-bond acceptors (Lipinski definition) is 7. The third kappa shape index (κ3) is 4.08. The summed E-state index contributed by atoms with van der Waals surface area (Å²) in [5.41, 5.74) is 1.29. The Bertz CT molecular complexity index is 1410. The van der Waals surface area contributed by atoms with Crippen LogP contribution in [-0.2, 0) is 21.1 Å². The van der Waals surface area contributed by atoms with Crippen LogP contribution in [0.25, 0.3) is 0 Å². The second-order valence-corrected chi connectivity index (χ2v) is 13.4. The van der Waals surface area contributed by atoms with Crippen LogP contribution in [0.5, 0.6) is 23.0 Å². The van der Waals surface area contributed by atoms with Crippen LogP contribution in [0.15, 0.2) is 58.1 Å². The lowest BCUT2D eigenvalue weighted by Crippen LogP contribution is -2.57. The Morgan fingerprint density at radius 1 is 0.868 bits per heavy atom. The molecule has 6 rings (SSSR count). The van der Waals surface area contributed by atoms with Crippen molar-refractivity contribution in [2.24, 2.45) is 5.92 Å². The summed E-state index contributed by atoms with van der Waals surface area (Å²) < 4.78 is 50.9. The lowest BCUT2D eigenvalue weighted by Gasteiger charge is -2.58. The molecule has 2 saturated carbocycles. The Hall–Kier alpha value is -2.71. The molecule has 2 aliphatic carbocycles. The Balaban J connectivity index is 1.56. The zero-order valence-corrected chi connectivity index (χ0v) is 23.5. The lowest BCUT2D eigenvalue weighted by atomic mass is 9.51. The number of hydrogen-bond donors (Lipinski definition) is 0. The minimum atomic E-state index is -4.01. The Kier molecular flexibility index (Phi) is 6.59. The van der Waals surface area contributed by atoms with Crippen LogP contribution in [-0.4, -0.2) is 22.6 Å². The van der Waals surface area contributed by atoms with Crippen molar-refractivity contribution in [1.29, 1.82) is 0 Å². The molecular weight excluding hydrogens is 520 g/mol. The summed E-state index contributed by atoms with van der Waals surface area (Å²) in [4.78, 5) is 0. The Morgan fingerprint density at radius 3 is 2.29 bits per heavy atom. The van der Waals surface area contributed by atoms with Gasteiger partial charge in [-0.3, -0.25) is 0 Å². The molecule has 2 atom stereocenters. The summed E-state index contributed by atoms with van der Waals surface area (Å²) in [7, 11) is -0.769. The zero-order valence-electron chi connectivity index (χ0n) is 21.9. The van der Waals surface area contributed by atoms with Gasteiger partial charge >= 0.3 is 10.1 Å². The van der Waals surface area contributed by atoms with Crippen LogP contribution in [0.3, 0.4) is 0 Å². The average molecular weight is 555 g/mol. The summed E-state index contributed by atoms with van der Waals surface area (Å²) in [5.74, 6) is 2.61. The van der Waals surface area contributed by atoms with Gasteiger partial charge in [-0.25, -0.2) is 0 Å². The zero-order chi connectivity index (χ0) is 26.4. The third-order valence-corrected chi connectivity index (χ3v) is 11.5. The molecule has 0 amide bonds. The highest BCUT2D eigenvalue weighted by atomic mass is 32.3. The molecule has 8 heteroatoms. The van der Waals surface area contributed by atoms with E-state index in [9.17, 15) is 8.42 Å². The molecule has 38 heavy (non-hydrogen) atoms. The monoisotopic (exact) mass is 554 g/mol. The predicted molar refractivity (Wildman–Crippen MR) is 147 cm³/mol. The normalized spacial score (nSPS) is 24.1. The van der Waals surface area contributed by atoms with Crippen molar-refractivity contribution in [3.05, 3.63) is 65.0 Å². The summed E-state index contributed by atoms with van der Waals surface area (Å²) in [5, 5.41) is 1.74. The fourth-order valence-corrected chi connectivity index (χ4v) is 9.18. The van der Waals surface area contributed by atoms with Crippen molar-refractivity contribution in [2.75, 3.05) is 14.2 Å². The van der Waals surface area contributed by atoms with Gasteiger partial charge in [0.25, 0.3) is 0 Å². The van der Waals surface area contributed by atoms with Crippen LogP contribution in [0.4, 0.5) is 0 Å². The molecule has 1 aromatic heterocycles. The standard InChI is InChI=1S/C30H34O6S2/c1-33-21-11-13-23-25(19-21)35-30(17-7-4-9-27(30)29(23)15-5-3-6-16-29)24-14-12-22(34-2)20-26(24)36-38(31,32)28-10-8-18-37-28/h8,10-14,18-20,27H,3-7,9,15-17H2,1-2H3/t27-,30+/m0/s1. The number of ether oxygens (including phenoxy) is 3. The topological polar surface area (TPSA) is 71.1 Å². The van der Waals surface area contributed by atoms with E-state index >= 15 is 0 Å². The number of methoxy groups -OCH3 is 2. The van der Waals surface area contributed by atoms with Crippen molar-refractivity contribution >= 4 is 21.5 Å². The maximum Gasteiger partial charge on any atom is 0.348 e. The Morgan fingerprint density at radius 2 is 1.58 bits per heavy atom. The first-order valence-corrected chi connectivity index (χ1v) is 15.7. The fraction of sp³-hybridized carbons (Fsp3) is 0.467. The SMILES string of the molecule is COc1ccc2c(c1)O[C@@]1(c3ccc(OC)cc3OS(=O)(=O)c3cccs3)CCCC[C@H]1C21CCCCC1. The highest BCUT2D eigenvalue weighted by Crippen LogP contribution is 2.64. The first-order chi connectivity index (χ1) is 18.4. The summed E-state index contributed by atoms with van der Waals surface area (Å²) in [6, 6.07) is 15.1. The second kappa shape index (κ2) is 9.79. The average Bonchev–Trinajstić information content (AvgIpc) is 3.50. The van der Waals surface area contributed by atoms with Crippen molar-refractivity contribution < 1.29 is 26.8 Å². The van der Waals surface area contributed by atoms with E-state index in [2.05, 4.69) is 6.07 Å². The van der Waals surface area contributed by atoms with E-state index in [0.29, 0.717) is 5.75 Å². The molecule has 2 fully saturated rings.